The van der Waals surface area contributed by atoms with Crippen LogP contribution in [0.2, 0.25) is 0 Å². The quantitative estimate of drug-likeness (QED) is 0.760. The summed E-state index contributed by atoms with van der Waals surface area (Å²) < 4.78 is 0. The highest BCUT2D eigenvalue weighted by atomic mass is 16.3. The first-order valence-electron chi connectivity index (χ1n) is 8.29. The average Bonchev–Trinajstić information content (AvgIpc) is 2.67. The standard InChI is InChI=1S/C20H29NO2/c1-12-8-14(18(23)21-12)9-13-10-15(19(2,3)4)17(22)16(11-13)20(5,6)7/h9-12,22H,8H2,1-7H3,(H,21,23)/b14-9-. The van der Waals surface area contributed by atoms with Gasteiger partial charge in [-0.2, -0.15) is 0 Å². The summed E-state index contributed by atoms with van der Waals surface area (Å²) >= 11 is 0. The van der Waals surface area contributed by atoms with Crippen molar-refractivity contribution in [1.29, 1.82) is 0 Å². The van der Waals surface area contributed by atoms with Crippen molar-refractivity contribution in [2.75, 3.05) is 0 Å². The van der Waals surface area contributed by atoms with Gasteiger partial charge in [0.25, 0.3) is 0 Å². The molecular weight excluding hydrogens is 286 g/mol. The minimum absolute atomic E-state index is 0.0141. The minimum atomic E-state index is -0.163. The zero-order valence-electron chi connectivity index (χ0n) is 15.4. The van der Waals surface area contributed by atoms with Crippen LogP contribution in [0.5, 0.6) is 5.75 Å². The molecule has 1 fully saturated rings. The molecule has 0 radical (unpaired) electrons. The SMILES string of the molecule is CC1C/C(=C/c2cc(C(C)(C)C)c(O)c(C(C)(C)C)c2)C(=O)N1. The van der Waals surface area contributed by atoms with Crippen molar-refractivity contribution in [3.05, 3.63) is 34.4 Å². The second kappa shape index (κ2) is 5.70. The number of carbonyl (C=O) groups is 1. The van der Waals surface area contributed by atoms with E-state index in [4.69, 9.17) is 0 Å². The maximum Gasteiger partial charge on any atom is 0.247 e. The van der Waals surface area contributed by atoms with E-state index in [0.717, 1.165) is 28.7 Å². The lowest BCUT2D eigenvalue weighted by Gasteiger charge is -2.28. The van der Waals surface area contributed by atoms with Gasteiger partial charge in [-0.3, -0.25) is 4.79 Å². The van der Waals surface area contributed by atoms with Gasteiger partial charge in [-0.1, -0.05) is 41.5 Å². The molecule has 1 aromatic rings. The molecule has 3 heteroatoms. The number of benzene rings is 1. The summed E-state index contributed by atoms with van der Waals surface area (Å²) in [5.74, 6) is 0.386. The predicted octanol–water partition coefficient (Wildman–Crippen LogP) is 4.28. The number of aromatic hydroxyl groups is 1. The molecule has 3 nitrogen and oxygen atoms in total. The minimum Gasteiger partial charge on any atom is -0.507 e. The van der Waals surface area contributed by atoms with Crippen LogP contribution in [0.4, 0.5) is 0 Å². The normalized spacial score (nSPS) is 20.9. The molecule has 1 aliphatic heterocycles. The Balaban J connectivity index is 2.61. The molecule has 1 heterocycles. The molecule has 0 saturated carbocycles. The molecule has 1 atom stereocenters. The Labute approximate surface area is 139 Å². The number of hydrogen-bond donors (Lipinski definition) is 2. The molecule has 126 valence electrons. The largest absolute Gasteiger partial charge is 0.507 e. The van der Waals surface area contributed by atoms with Crippen LogP contribution < -0.4 is 5.32 Å². The number of rotatable bonds is 1. The molecule has 0 aromatic heterocycles. The fourth-order valence-corrected chi connectivity index (χ4v) is 3.00. The number of nitrogens with one attached hydrogen (secondary N) is 1. The number of hydrogen-bond acceptors (Lipinski definition) is 2. The Hall–Kier alpha value is -1.77. The van der Waals surface area contributed by atoms with Crippen molar-refractivity contribution in [3.8, 4) is 5.75 Å². The molecule has 23 heavy (non-hydrogen) atoms. The molecular formula is C20H29NO2. The topological polar surface area (TPSA) is 49.3 Å². The average molecular weight is 315 g/mol. The summed E-state index contributed by atoms with van der Waals surface area (Å²) in [4.78, 5) is 12.0. The lowest BCUT2D eigenvalue weighted by atomic mass is 9.78. The van der Waals surface area contributed by atoms with Gasteiger partial charge in [-0.05, 0) is 47.9 Å². The molecule has 1 unspecified atom stereocenters. The van der Waals surface area contributed by atoms with Gasteiger partial charge in [0.15, 0.2) is 0 Å². The zero-order chi connectivity index (χ0) is 17.6. The fraction of sp³-hybridized carbons (Fsp3) is 0.550. The van der Waals surface area contributed by atoms with E-state index in [-0.39, 0.29) is 22.8 Å². The molecule has 2 N–H and O–H groups in total. The molecule has 1 amide bonds. The lowest BCUT2D eigenvalue weighted by Crippen LogP contribution is -2.21. The first-order chi connectivity index (χ1) is 10.4. The van der Waals surface area contributed by atoms with Crippen LogP contribution in [0.3, 0.4) is 0 Å². The van der Waals surface area contributed by atoms with Crippen molar-refractivity contribution < 1.29 is 9.90 Å². The Morgan fingerprint density at radius 2 is 1.57 bits per heavy atom. The van der Waals surface area contributed by atoms with E-state index in [1.165, 1.54) is 0 Å². The molecule has 1 saturated heterocycles. The third-order valence-electron chi connectivity index (χ3n) is 4.28. The highest BCUT2D eigenvalue weighted by molar-refractivity contribution is 6.00. The van der Waals surface area contributed by atoms with Crippen LogP contribution in [0.1, 0.15) is 71.6 Å². The molecule has 0 bridgehead atoms. The highest BCUT2D eigenvalue weighted by Crippen LogP contribution is 2.40. The summed E-state index contributed by atoms with van der Waals surface area (Å²) in [6, 6.07) is 4.21. The Morgan fingerprint density at radius 3 is 1.91 bits per heavy atom. The van der Waals surface area contributed by atoms with Crippen LogP contribution in [-0.2, 0) is 15.6 Å². The zero-order valence-corrected chi connectivity index (χ0v) is 15.4. The van der Waals surface area contributed by atoms with E-state index in [2.05, 4.69) is 46.9 Å². The monoisotopic (exact) mass is 315 g/mol. The van der Waals surface area contributed by atoms with Crippen molar-refractivity contribution in [1.82, 2.24) is 5.32 Å². The third kappa shape index (κ3) is 3.77. The van der Waals surface area contributed by atoms with Gasteiger partial charge in [0.05, 0.1) is 0 Å². The first-order valence-corrected chi connectivity index (χ1v) is 8.29. The van der Waals surface area contributed by atoms with E-state index in [0.29, 0.717) is 5.75 Å². The van der Waals surface area contributed by atoms with Gasteiger partial charge in [-0.15, -0.1) is 0 Å². The van der Waals surface area contributed by atoms with Crippen LogP contribution >= 0.6 is 0 Å². The van der Waals surface area contributed by atoms with Gasteiger partial charge < -0.3 is 10.4 Å². The fourth-order valence-electron chi connectivity index (χ4n) is 3.00. The van der Waals surface area contributed by atoms with Crippen molar-refractivity contribution in [3.63, 3.8) is 0 Å². The Morgan fingerprint density at radius 1 is 1.09 bits per heavy atom. The molecule has 0 spiro atoms. The Kier molecular flexibility index (Phi) is 4.36. The second-order valence-electron chi connectivity index (χ2n) is 8.71. The van der Waals surface area contributed by atoms with E-state index in [1.54, 1.807) is 0 Å². The van der Waals surface area contributed by atoms with Gasteiger partial charge >= 0.3 is 0 Å². The Bertz CT molecular complexity index is 622. The second-order valence-corrected chi connectivity index (χ2v) is 8.71. The number of carbonyl (C=O) groups excluding carboxylic acids is 1. The first kappa shape index (κ1) is 17.6. The maximum absolute atomic E-state index is 12.0. The summed E-state index contributed by atoms with van der Waals surface area (Å²) in [7, 11) is 0. The van der Waals surface area contributed by atoms with E-state index >= 15 is 0 Å². The van der Waals surface area contributed by atoms with Crippen LogP contribution in [0.25, 0.3) is 6.08 Å². The van der Waals surface area contributed by atoms with Crippen LogP contribution in [-0.4, -0.2) is 17.1 Å². The summed E-state index contributed by atoms with van der Waals surface area (Å²) in [6.45, 7) is 14.6. The van der Waals surface area contributed by atoms with Gasteiger partial charge in [0.2, 0.25) is 5.91 Å². The van der Waals surface area contributed by atoms with E-state index in [1.807, 2.05) is 25.1 Å². The third-order valence-corrected chi connectivity index (χ3v) is 4.28. The number of phenols is 1. The maximum atomic E-state index is 12.0. The number of amides is 1. The molecule has 0 aliphatic carbocycles. The van der Waals surface area contributed by atoms with Crippen LogP contribution in [0, 0.1) is 0 Å². The van der Waals surface area contributed by atoms with Gasteiger partial charge in [0, 0.05) is 22.7 Å². The molecule has 1 aromatic carbocycles. The van der Waals surface area contributed by atoms with Gasteiger partial charge in [0.1, 0.15) is 5.75 Å². The van der Waals surface area contributed by atoms with Crippen molar-refractivity contribution in [2.24, 2.45) is 0 Å². The lowest BCUT2D eigenvalue weighted by molar-refractivity contribution is -0.116. The summed E-state index contributed by atoms with van der Waals surface area (Å²) in [5, 5.41) is 13.7. The van der Waals surface area contributed by atoms with Gasteiger partial charge in [-0.25, -0.2) is 0 Å². The van der Waals surface area contributed by atoms with Crippen molar-refractivity contribution >= 4 is 12.0 Å². The summed E-state index contributed by atoms with van der Waals surface area (Å²) in [5.41, 5.74) is 3.31. The van der Waals surface area contributed by atoms with Crippen molar-refractivity contribution in [2.45, 2.75) is 71.8 Å². The van der Waals surface area contributed by atoms with E-state index in [9.17, 15) is 9.90 Å². The predicted molar refractivity (Wildman–Crippen MR) is 95.7 cm³/mol. The highest BCUT2D eigenvalue weighted by Gasteiger charge is 2.27. The summed E-state index contributed by atoms with van der Waals surface area (Å²) in [6.07, 6.45) is 2.71. The van der Waals surface area contributed by atoms with E-state index < -0.39 is 0 Å². The smallest absolute Gasteiger partial charge is 0.247 e. The van der Waals surface area contributed by atoms with Crippen LogP contribution in [0.15, 0.2) is 17.7 Å². The number of phenolic OH excluding ortho intramolecular Hbond substituents is 1. The molecule has 1 aliphatic rings. The molecule has 2 rings (SSSR count).